The van der Waals surface area contributed by atoms with Crippen LogP contribution in [0, 0.1) is 5.92 Å². The van der Waals surface area contributed by atoms with Crippen LogP contribution in [0.1, 0.15) is 43.6 Å². The van der Waals surface area contributed by atoms with Crippen molar-refractivity contribution in [1.82, 2.24) is 0 Å². The number of fused-ring (bicyclic) bond motifs is 1. The van der Waals surface area contributed by atoms with Crippen LogP contribution in [0.25, 0.3) is 10.1 Å². The zero-order valence-corrected chi connectivity index (χ0v) is 13.0. The lowest BCUT2D eigenvalue weighted by molar-refractivity contribution is -0.0175. The first-order valence-electron chi connectivity index (χ1n) is 7.49. The van der Waals surface area contributed by atoms with Crippen molar-refractivity contribution < 1.29 is 9.47 Å². The lowest BCUT2D eigenvalue weighted by Crippen LogP contribution is -2.19. The molecule has 2 nitrogen and oxygen atoms in total. The molecule has 1 aliphatic heterocycles. The molecule has 2 unspecified atom stereocenters. The molecular weight excluding hydrogens is 268 g/mol. The van der Waals surface area contributed by atoms with Crippen LogP contribution >= 0.6 is 11.3 Å². The lowest BCUT2D eigenvalue weighted by atomic mass is 9.94. The van der Waals surface area contributed by atoms with E-state index >= 15 is 0 Å². The van der Waals surface area contributed by atoms with Crippen LogP contribution < -0.4 is 4.74 Å². The van der Waals surface area contributed by atoms with Gasteiger partial charge in [0.15, 0.2) is 0 Å². The molecule has 1 aromatic heterocycles. The van der Waals surface area contributed by atoms with Gasteiger partial charge >= 0.3 is 0 Å². The van der Waals surface area contributed by atoms with Gasteiger partial charge in [0.25, 0.3) is 0 Å². The van der Waals surface area contributed by atoms with Gasteiger partial charge in [-0.2, -0.15) is 0 Å². The molecular formula is C17H22O2S. The zero-order chi connectivity index (χ0) is 13.9. The Morgan fingerprint density at radius 2 is 2.20 bits per heavy atom. The number of hydrogen-bond donors (Lipinski definition) is 0. The number of rotatable bonds is 4. The molecule has 2 heterocycles. The van der Waals surface area contributed by atoms with E-state index in [1.165, 1.54) is 34.2 Å². The van der Waals surface area contributed by atoms with Gasteiger partial charge in [0.05, 0.1) is 19.8 Å². The summed E-state index contributed by atoms with van der Waals surface area (Å²) in [4.78, 5) is 1.36. The maximum Gasteiger partial charge on any atom is 0.120 e. The number of hydrogen-bond acceptors (Lipinski definition) is 3. The fraction of sp³-hybridized carbons (Fsp3) is 0.529. The summed E-state index contributed by atoms with van der Waals surface area (Å²) in [6.45, 7) is 3.18. The Bertz CT molecular complexity index is 567. The molecule has 20 heavy (non-hydrogen) atoms. The highest BCUT2D eigenvalue weighted by molar-refractivity contribution is 7.19. The van der Waals surface area contributed by atoms with Crippen molar-refractivity contribution in [2.75, 3.05) is 13.7 Å². The highest BCUT2D eigenvalue weighted by Crippen LogP contribution is 2.39. The minimum absolute atomic E-state index is 0.298. The molecule has 0 radical (unpaired) electrons. The lowest BCUT2D eigenvalue weighted by Gasteiger charge is -2.28. The predicted molar refractivity (Wildman–Crippen MR) is 84.7 cm³/mol. The molecule has 0 aliphatic carbocycles. The smallest absolute Gasteiger partial charge is 0.120 e. The van der Waals surface area contributed by atoms with Gasteiger partial charge in [-0.1, -0.05) is 13.3 Å². The summed E-state index contributed by atoms with van der Waals surface area (Å²) in [5, 5.41) is 1.30. The SMILES string of the molecule is CCCC1CCC(c2cc3ccc(OC)cc3s2)OC1. The summed E-state index contributed by atoms with van der Waals surface area (Å²) < 4.78 is 12.7. The Kier molecular flexibility index (Phi) is 4.27. The van der Waals surface area contributed by atoms with E-state index in [1.807, 2.05) is 17.4 Å². The number of ether oxygens (including phenoxy) is 2. The van der Waals surface area contributed by atoms with E-state index in [2.05, 4.69) is 25.1 Å². The quantitative estimate of drug-likeness (QED) is 0.772. The second kappa shape index (κ2) is 6.15. The fourth-order valence-corrected chi connectivity index (χ4v) is 4.16. The molecule has 0 spiro atoms. The summed E-state index contributed by atoms with van der Waals surface area (Å²) in [6.07, 6.45) is 5.33. The van der Waals surface area contributed by atoms with E-state index in [0.717, 1.165) is 24.7 Å². The topological polar surface area (TPSA) is 18.5 Å². The van der Waals surface area contributed by atoms with Crippen molar-refractivity contribution in [3.63, 3.8) is 0 Å². The molecule has 1 aliphatic rings. The largest absolute Gasteiger partial charge is 0.497 e. The molecule has 3 rings (SSSR count). The average molecular weight is 290 g/mol. The zero-order valence-electron chi connectivity index (χ0n) is 12.2. The number of thiophene rings is 1. The third kappa shape index (κ3) is 2.84. The van der Waals surface area contributed by atoms with Gasteiger partial charge in [0.1, 0.15) is 5.75 Å². The molecule has 3 heteroatoms. The van der Waals surface area contributed by atoms with Crippen LogP contribution in [0.5, 0.6) is 5.75 Å². The van der Waals surface area contributed by atoms with Crippen molar-refractivity contribution in [2.24, 2.45) is 5.92 Å². The average Bonchev–Trinajstić information content (AvgIpc) is 2.91. The summed E-state index contributed by atoms with van der Waals surface area (Å²) >= 11 is 1.84. The van der Waals surface area contributed by atoms with Crippen LogP contribution in [0.3, 0.4) is 0 Å². The minimum atomic E-state index is 0.298. The second-order valence-electron chi connectivity index (χ2n) is 5.61. The highest BCUT2D eigenvalue weighted by atomic mass is 32.1. The normalized spacial score (nSPS) is 23.1. The van der Waals surface area contributed by atoms with Gasteiger partial charge in [0.2, 0.25) is 0 Å². The second-order valence-corrected chi connectivity index (χ2v) is 6.72. The van der Waals surface area contributed by atoms with Crippen molar-refractivity contribution in [2.45, 2.75) is 38.7 Å². The summed E-state index contributed by atoms with van der Waals surface area (Å²) in [7, 11) is 1.72. The van der Waals surface area contributed by atoms with E-state index in [1.54, 1.807) is 7.11 Å². The third-order valence-electron chi connectivity index (χ3n) is 4.13. The molecule has 108 valence electrons. The first kappa shape index (κ1) is 13.9. The summed E-state index contributed by atoms with van der Waals surface area (Å²) in [5.41, 5.74) is 0. The Balaban J connectivity index is 1.74. The standard InChI is InChI=1S/C17H22O2S/c1-3-4-12-5-8-15(19-11-12)17-9-13-6-7-14(18-2)10-16(13)20-17/h6-7,9-10,12,15H,3-5,8,11H2,1-2H3. The van der Waals surface area contributed by atoms with Crippen LogP contribution in [-0.2, 0) is 4.74 Å². The Labute approximate surface area is 124 Å². The van der Waals surface area contributed by atoms with E-state index in [4.69, 9.17) is 9.47 Å². The summed E-state index contributed by atoms with van der Waals surface area (Å²) in [5.74, 6) is 1.70. The van der Waals surface area contributed by atoms with Crippen molar-refractivity contribution in [3.05, 3.63) is 29.1 Å². The minimum Gasteiger partial charge on any atom is -0.497 e. The highest BCUT2D eigenvalue weighted by Gasteiger charge is 2.23. The van der Waals surface area contributed by atoms with Gasteiger partial charge in [0, 0.05) is 9.58 Å². The molecule has 0 saturated carbocycles. The van der Waals surface area contributed by atoms with Crippen molar-refractivity contribution in [1.29, 1.82) is 0 Å². The van der Waals surface area contributed by atoms with Crippen molar-refractivity contribution in [3.8, 4) is 5.75 Å². The van der Waals surface area contributed by atoms with Crippen LogP contribution in [0.15, 0.2) is 24.3 Å². The molecule has 0 N–H and O–H groups in total. The molecule has 0 amide bonds. The Hall–Kier alpha value is -1.06. The third-order valence-corrected chi connectivity index (χ3v) is 5.32. The summed E-state index contributed by atoms with van der Waals surface area (Å²) in [6, 6.07) is 8.56. The van der Waals surface area contributed by atoms with E-state index in [9.17, 15) is 0 Å². The van der Waals surface area contributed by atoms with Gasteiger partial charge in [-0.05, 0) is 54.8 Å². The van der Waals surface area contributed by atoms with Crippen molar-refractivity contribution >= 4 is 21.4 Å². The first-order valence-corrected chi connectivity index (χ1v) is 8.31. The van der Waals surface area contributed by atoms with Gasteiger partial charge in [-0.25, -0.2) is 0 Å². The van der Waals surface area contributed by atoms with E-state index in [0.29, 0.717) is 6.10 Å². The molecule has 2 aromatic rings. The molecule has 0 bridgehead atoms. The van der Waals surface area contributed by atoms with Crippen LogP contribution in [-0.4, -0.2) is 13.7 Å². The van der Waals surface area contributed by atoms with E-state index in [-0.39, 0.29) is 0 Å². The van der Waals surface area contributed by atoms with Gasteiger partial charge in [-0.3, -0.25) is 0 Å². The Morgan fingerprint density at radius 3 is 2.90 bits per heavy atom. The fourth-order valence-electron chi connectivity index (χ4n) is 2.98. The predicted octanol–water partition coefficient (Wildman–Crippen LogP) is 5.18. The molecule has 1 saturated heterocycles. The Morgan fingerprint density at radius 1 is 1.30 bits per heavy atom. The van der Waals surface area contributed by atoms with Gasteiger partial charge < -0.3 is 9.47 Å². The number of benzene rings is 1. The van der Waals surface area contributed by atoms with Crippen LogP contribution in [0.4, 0.5) is 0 Å². The molecule has 2 atom stereocenters. The first-order chi connectivity index (χ1) is 9.80. The monoisotopic (exact) mass is 290 g/mol. The van der Waals surface area contributed by atoms with Gasteiger partial charge in [-0.15, -0.1) is 11.3 Å². The maximum absolute atomic E-state index is 6.09. The number of methoxy groups -OCH3 is 1. The molecule has 1 aromatic carbocycles. The molecule has 1 fully saturated rings. The maximum atomic E-state index is 6.09. The van der Waals surface area contributed by atoms with E-state index < -0.39 is 0 Å². The van der Waals surface area contributed by atoms with Crippen LogP contribution in [0.2, 0.25) is 0 Å².